The van der Waals surface area contributed by atoms with Gasteiger partial charge in [0.2, 0.25) is 10.0 Å². The number of rotatable bonds is 5. The van der Waals surface area contributed by atoms with Crippen LogP contribution in [-0.2, 0) is 10.0 Å². The van der Waals surface area contributed by atoms with E-state index in [0.717, 1.165) is 37.0 Å². The van der Waals surface area contributed by atoms with Crippen LogP contribution in [0.2, 0.25) is 0 Å². The van der Waals surface area contributed by atoms with Crippen LogP contribution < -0.4 is 4.72 Å². The van der Waals surface area contributed by atoms with Crippen LogP contribution in [0.4, 0.5) is 0 Å². The number of carbonyl (C=O) groups is 1. The van der Waals surface area contributed by atoms with Gasteiger partial charge in [0.05, 0.1) is 5.56 Å². The van der Waals surface area contributed by atoms with Crippen molar-refractivity contribution in [3.05, 3.63) is 17.0 Å². The van der Waals surface area contributed by atoms with E-state index in [-0.39, 0.29) is 15.8 Å². The topological polar surface area (TPSA) is 83.5 Å². The summed E-state index contributed by atoms with van der Waals surface area (Å²) < 4.78 is 27.2. The fraction of sp³-hybridized carbons (Fsp3) is 0.615. The summed E-state index contributed by atoms with van der Waals surface area (Å²) in [7, 11) is -3.62. The number of carboxylic acid groups (broad SMARTS) is 1. The Labute approximate surface area is 123 Å². The van der Waals surface area contributed by atoms with Gasteiger partial charge in [0.15, 0.2) is 0 Å². The molecule has 1 fully saturated rings. The second-order valence-electron chi connectivity index (χ2n) is 5.27. The molecular formula is C13H19NO4S2. The highest BCUT2D eigenvalue weighted by Gasteiger charge is 2.26. The van der Waals surface area contributed by atoms with Gasteiger partial charge in [0.25, 0.3) is 0 Å². The molecule has 0 amide bonds. The SMILES string of the molecule is C[C@H](NS(=O)(=O)c1cc(C(=O)O)cs1)C1CCCCC1. The first kappa shape index (κ1) is 15.5. The van der Waals surface area contributed by atoms with E-state index >= 15 is 0 Å². The molecule has 1 saturated carbocycles. The van der Waals surface area contributed by atoms with Crippen LogP contribution >= 0.6 is 11.3 Å². The molecule has 0 aliphatic heterocycles. The lowest BCUT2D eigenvalue weighted by Crippen LogP contribution is -2.38. The predicted octanol–water partition coefficient (Wildman–Crippen LogP) is 2.69. The van der Waals surface area contributed by atoms with Crippen LogP contribution in [-0.4, -0.2) is 25.5 Å². The molecule has 1 aliphatic carbocycles. The summed E-state index contributed by atoms with van der Waals surface area (Å²) in [5.74, 6) is -0.736. The van der Waals surface area contributed by atoms with Crippen LogP contribution in [0.15, 0.2) is 15.7 Å². The molecule has 1 atom stereocenters. The van der Waals surface area contributed by atoms with E-state index in [0.29, 0.717) is 5.92 Å². The molecule has 2 rings (SSSR count). The minimum atomic E-state index is -3.62. The van der Waals surface area contributed by atoms with Crippen LogP contribution in [0, 0.1) is 5.92 Å². The molecule has 0 radical (unpaired) electrons. The highest BCUT2D eigenvalue weighted by atomic mass is 32.2. The quantitative estimate of drug-likeness (QED) is 0.874. The summed E-state index contributed by atoms with van der Waals surface area (Å²) in [5, 5.41) is 10.2. The van der Waals surface area contributed by atoms with E-state index in [4.69, 9.17) is 5.11 Å². The van der Waals surface area contributed by atoms with Crippen molar-refractivity contribution in [2.24, 2.45) is 5.92 Å². The summed E-state index contributed by atoms with van der Waals surface area (Å²) in [5.41, 5.74) is 0.0145. The maximum atomic E-state index is 12.2. The molecule has 0 aromatic carbocycles. The number of thiophene rings is 1. The van der Waals surface area contributed by atoms with Crippen molar-refractivity contribution in [2.45, 2.75) is 49.3 Å². The zero-order valence-electron chi connectivity index (χ0n) is 11.3. The molecule has 1 aliphatic rings. The minimum Gasteiger partial charge on any atom is -0.478 e. The number of nitrogens with one attached hydrogen (secondary N) is 1. The summed E-state index contributed by atoms with van der Waals surface area (Å²) in [6.45, 7) is 1.89. The minimum absolute atomic E-state index is 0.0145. The smallest absolute Gasteiger partial charge is 0.336 e. The Kier molecular flexibility index (Phi) is 4.82. The van der Waals surface area contributed by atoms with E-state index in [9.17, 15) is 13.2 Å². The first-order valence-electron chi connectivity index (χ1n) is 6.74. The maximum Gasteiger partial charge on any atom is 0.336 e. The number of sulfonamides is 1. The third kappa shape index (κ3) is 3.59. The highest BCUT2D eigenvalue weighted by Crippen LogP contribution is 2.28. The second kappa shape index (κ2) is 6.24. The Hall–Kier alpha value is -0.920. The van der Waals surface area contributed by atoms with Crippen molar-refractivity contribution in [1.29, 1.82) is 0 Å². The van der Waals surface area contributed by atoms with E-state index < -0.39 is 16.0 Å². The number of hydrogen-bond donors (Lipinski definition) is 2. The number of carboxylic acids is 1. The molecule has 0 unspecified atom stereocenters. The molecular weight excluding hydrogens is 298 g/mol. The van der Waals surface area contributed by atoms with Gasteiger partial charge in [0, 0.05) is 11.4 Å². The number of aromatic carboxylic acids is 1. The molecule has 0 saturated heterocycles. The first-order valence-corrected chi connectivity index (χ1v) is 9.10. The third-order valence-corrected chi connectivity index (χ3v) is 6.78. The molecule has 2 N–H and O–H groups in total. The van der Waals surface area contributed by atoms with Gasteiger partial charge in [-0.1, -0.05) is 19.3 Å². The Balaban J connectivity index is 2.07. The van der Waals surface area contributed by atoms with Crippen LogP contribution in [0.3, 0.4) is 0 Å². The average molecular weight is 317 g/mol. The van der Waals surface area contributed by atoms with Crippen molar-refractivity contribution < 1.29 is 18.3 Å². The van der Waals surface area contributed by atoms with Crippen LogP contribution in [0.25, 0.3) is 0 Å². The third-order valence-electron chi connectivity index (χ3n) is 3.79. The maximum absolute atomic E-state index is 12.2. The van der Waals surface area contributed by atoms with Gasteiger partial charge in [-0.25, -0.2) is 17.9 Å². The zero-order valence-corrected chi connectivity index (χ0v) is 13.0. The molecule has 112 valence electrons. The lowest BCUT2D eigenvalue weighted by Gasteiger charge is -2.27. The van der Waals surface area contributed by atoms with Gasteiger partial charge in [-0.2, -0.15) is 0 Å². The molecule has 1 aromatic rings. The molecule has 20 heavy (non-hydrogen) atoms. The summed E-state index contributed by atoms with van der Waals surface area (Å²) in [6, 6.07) is 1.10. The second-order valence-corrected chi connectivity index (χ2v) is 8.12. The van der Waals surface area contributed by atoms with Crippen molar-refractivity contribution >= 4 is 27.3 Å². The average Bonchev–Trinajstić information content (AvgIpc) is 2.90. The lowest BCUT2D eigenvalue weighted by atomic mass is 9.85. The zero-order chi connectivity index (χ0) is 14.8. The number of hydrogen-bond acceptors (Lipinski definition) is 4. The van der Waals surface area contributed by atoms with Crippen molar-refractivity contribution in [3.8, 4) is 0 Å². The van der Waals surface area contributed by atoms with Crippen LogP contribution in [0.1, 0.15) is 49.4 Å². The highest BCUT2D eigenvalue weighted by molar-refractivity contribution is 7.91. The van der Waals surface area contributed by atoms with Gasteiger partial charge in [-0.05, 0) is 31.7 Å². The Morgan fingerprint density at radius 1 is 1.40 bits per heavy atom. The van der Waals surface area contributed by atoms with Crippen molar-refractivity contribution in [3.63, 3.8) is 0 Å². The van der Waals surface area contributed by atoms with Gasteiger partial charge in [0.1, 0.15) is 4.21 Å². The van der Waals surface area contributed by atoms with Crippen molar-refractivity contribution in [2.75, 3.05) is 0 Å². The van der Waals surface area contributed by atoms with Gasteiger partial charge in [-0.15, -0.1) is 11.3 Å². The monoisotopic (exact) mass is 317 g/mol. The normalized spacial score (nSPS) is 18.9. The molecule has 0 bridgehead atoms. The fourth-order valence-corrected chi connectivity index (χ4v) is 5.09. The Morgan fingerprint density at radius 2 is 2.05 bits per heavy atom. The summed E-state index contributed by atoms with van der Waals surface area (Å²) in [4.78, 5) is 10.8. The Bertz CT molecular complexity index is 573. The largest absolute Gasteiger partial charge is 0.478 e. The van der Waals surface area contributed by atoms with E-state index in [1.807, 2.05) is 6.92 Å². The first-order chi connectivity index (χ1) is 9.40. The van der Waals surface area contributed by atoms with Gasteiger partial charge < -0.3 is 5.11 Å². The van der Waals surface area contributed by atoms with Gasteiger partial charge in [-0.3, -0.25) is 0 Å². The molecule has 7 heteroatoms. The Morgan fingerprint density at radius 3 is 2.60 bits per heavy atom. The van der Waals surface area contributed by atoms with E-state index in [1.165, 1.54) is 17.9 Å². The fourth-order valence-electron chi connectivity index (χ4n) is 2.60. The molecule has 5 nitrogen and oxygen atoms in total. The van der Waals surface area contributed by atoms with E-state index in [2.05, 4.69) is 4.72 Å². The predicted molar refractivity (Wildman–Crippen MR) is 77.6 cm³/mol. The standard InChI is InChI=1S/C13H19NO4S2/c1-9(10-5-3-2-4-6-10)14-20(17,18)12-7-11(8-19-12)13(15)16/h7-10,14H,2-6H2,1H3,(H,15,16)/t9-/m0/s1. The molecule has 1 heterocycles. The molecule has 1 aromatic heterocycles. The van der Waals surface area contributed by atoms with Gasteiger partial charge >= 0.3 is 5.97 Å². The molecule has 0 spiro atoms. The van der Waals surface area contributed by atoms with Crippen molar-refractivity contribution in [1.82, 2.24) is 4.72 Å². The van der Waals surface area contributed by atoms with Crippen LogP contribution in [0.5, 0.6) is 0 Å². The van der Waals surface area contributed by atoms with E-state index in [1.54, 1.807) is 0 Å². The summed E-state index contributed by atoms with van der Waals surface area (Å²) >= 11 is 0.942. The summed E-state index contributed by atoms with van der Waals surface area (Å²) in [6.07, 6.45) is 5.63. The lowest BCUT2D eigenvalue weighted by molar-refractivity contribution is 0.0697.